The Morgan fingerprint density at radius 2 is 2.14 bits per heavy atom. The summed E-state index contributed by atoms with van der Waals surface area (Å²) in [4.78, 5) is 16.1. The molecule has 2 aromatic rings. The van der Waals surface area contributed by atoms with Crippen molar-refractivity contribution in [2.75, 3.05) is 19.8 Å². The summed E-state index contributed by atoms with van der Waals surface area (Å²) in [6.07, 6.45) is 0.719. The molecule has 0 spiro atoms. The maximum atomic E-state index is 11.9. The topological polar surface area (TPSA) is 86.5 Å². The Morgan fingerprint density at radius 1 is 1.32 bits per heavy atom. The highest BCUT2D eigenvalue weighted by atomic mass is 32.1. The summed E-state index contributed by atoms with van der Waals surface area (Å²) in [5, 5.41) is 5.34. The Balaban J connectivity index is 1.53. The van der Waals surface area contributed by atoms with Crippen LogP contribution in [-0.4, -0.2) is 30.6 Å². The van der Waals surface area contributed by atoms with Gasteiger partial charge in [0.25, 0.3) is 5.91 Å². The van der Waals surface area contributed by atoms with Crippen molar-refractivity contribution < 1.29 is 14.3 Å². The van der Waals surface area contributed by atoms with E-state index in [4.69, 9.17) is 15.2 Å². The van der Waals surface area contributed by atoms with E-state index in [9.17, 15) is 4.79 Å². The van der Waals surface area contributed by atoms with Gasteiger partial charge in [0.15, 0.2) is 11.5 Å². The minimum absolute atomic E-state index is 0.173. The standard InChI is InChI=1S/C15H17N3O3S/c16-8-14-18-11(9-22-14)15(19)17-4-3-10-1-2-12-13(7-10)21-6-5-20-12/h1-2,7,9H,3-6,8,16H2,(H,17,19). The Hall–Kier alpha value is -2.12. The number of aromatic nitrogens is 1. The van der Waals surface area contributed by atoms with Crippen LogP contribution in [0, 0.1) is 0 Å². The van der Waals surface area contributed by atoms with Gasteiger partial charge in [-0.25, -0.2) is 4.98 Å². The van der Waals surface area contributed by atoms with Gasteiger partial charge >= 0.3 is 0 Å². The smallest absolute Gasteiger partial charge is 0.270 e. The first kappa shape index (κ1) is 14.8. The highest BCUT2D eigenvalue weighted by molar-refractivity contribution is 7.09. The van der Waals surface area contributed by atoms with Gasteiger partial charge in [0, 0.05) is 18.5 Å². The van der Waals surface area contributed by atoms with Gasteiger partial charge in [0.05, 0.1) is 0 Å². The maximum absolute atomic E-state index is 11.9. The number of benzene rings is 1. The van der Waals surface area contributed by atoms with Crippen molar-refractivity contribution in [1.29, 1.82) is 0 Å². The van der Waals surface area contributed by atoms with Crippen molar-refractivity contribution >= 4 is 17.2 Å². The van der Waals surface area contributed by atoms with Crippen LogP contribution in [0.15, 0.2) is 23.6 Å². The van der Waals surface area contributed by atoms with Crippen LogP contribution in [0.3, 0.4) is 0 Å². The first-order valence-electron chi connectivity index (χ1n) is 7.07. The van der Waals surface area contributed by atoms with E-state index in [0.717, 1.165) is 28.5 Å². The van der Waals surface area contributed by atoms with Crippen LogP contribution in [0.5, 0.6) is 11.5 Å². The third-order valence-electron chi connectivity index (χ3n) is 3.26. The third-order valence-corrected chi connectivity index (χ3v) is 4.14. The molecule has 116 valence electrons. The average molecular weight is 319 g/mol. The van der Waals surface area contributed by atoms with E-state index in [-0.39, 0.29) is 5.91 Å². The summed E-state index contributed by atoms with van der Waals surface area (Å²) in [7, 11) is 0. The van der Waals surface area contributed by atoms with E-state index >= 15 is 0 Å². The average Bonchev–Trinajstić information content (AvgIpc) is 3.04. The summed E-state index contributed by atoms with van der Waals surface area (Å²) in [5.41, 5.74) is 7.00. The molecule has 1 aliphatic heterocycles. The minimum Gasteiger partial charge on any atom is -0.486 e. The van der Waals surface area contributed by atoms with Crippen LogP contribution in [-0.2, 0) is 13.0 Å². The van der Waals surface area contributed by atoms with Gasteiger partial charge in [-0.15, -0.1) is 11.3 Å². The largest absolute Gasteiger partial charge is 0.486 e. The minimum atomic E-state index is -0.173. The van der Waals surface area contributed by atoms with Crippen LogP contribution in [0.25, 0.3) is 0 Å². The molecule has 7 heteroatoms. The number of carbonyl (C=O) groups excluding carboxylic acids is 1. The second kappa shape index (κ2) is 6.76. The molecule has 0 saturated carbocycles. The van der Waals surface area contributed by atoms with E-state index in [0.29, 0.717) is 32.0 Å². The first-order valence-corrected chi connectivity index (χ1v) is 7.95. The molecule has 0 atom stereocenters. The van der Waals surface area contributed by atoms with Crippen molar-refractivity contribution in [3.63, 3.8) is 0 Å². The maximum Gasteiger partial charge on any atom is 0.270 e. The highest BCUT2D eigenvalue weighted by Gasteiger charge is 2.12. The van der Waals surface area contributed by atoms with Gasteiger partial charge in [0.1, 0.15) is 23.9 Å². The highest BCUT2D eigenvalue weighted by Crippen LogP contribution is 2.30. The molecule has 0 aliphatic carbocycles. The Labute approximate surface area is 132 Å². The van der Waals surface area contributed by atoms with E-state index < -0.39 is 0 Å². The first-order chi connectivity index (χ1) is 10.8. The van der Waals surface area contributed by atoms with Crippen molar-refractivity contribution in [3.05, 3.63) is 39.8 Å². The van der Waals surface area contributed by atoms with E-state index in [1.807, 2.05) is 18.2 Å². The van der Waals surface area contributed by atoms with Crippen molar-refractivity contribution in [2.45, 2.75) is 13.0 Å². The van der Waals surface area contributed by atoms with Gasteiger partial charge in [-0.2, -0.15) is 0 Å². The lowest BCUT2D eigenvalue weighted by molar-refractivity contribution is 0.0949. The third kappa shape index (κ3) is 3.37. The fourth-order valence-corrected chi connectivity index (χ4v) is 2.82. The summed E-state index contributed by atoms with van der Waals surface area (Å²) >= 11 is 1.40. The molecule has 0 radical (unpaired) electrons. The molecule has 1 aromatic heterocycles. The molecule has 0 bridgehead atoms. The molecular formula is C15H17N3O3S. The number of thiazole rings is 1. The molecule has 22 heavy (non-hydrogen) atoms. The number of nitrogens with one attached hydrogen (secondary N) is 1. The molecule has 0 saturated heterocycles. The molecule has 1 amide bonds. The van der Waals surface area contributed by atoms with Gasteiger partial charge in [-0.3, -0.25) is 4.79 Å². The second-order valence-electron chi connectivity index (χ2n) is 4.81. The Morgan fingerprint density at radius 3 is 2.91 bits per heavy atom. The van der Waals surface area contributed by atoms with Gasteiger partial charge < -0.3 is 20.5 Å². The zero-order valence-electron chi connectivity index (χ0n) is 12.0. The lowest BCUT2D eigenvalue weighted by Crippen LogP contribution is -2.26. The molecular weight excluding hydrogens is 302 g/mol. The predicted octanol–water partition coefficient (Wildman–Crippen LogP) is 1.35. The summed E-state index contributed by atoms with van der Waals surface area (Å²) in [6, 6.07) is 5.84. The molecule has 3 N–H and O–H groups in total. The number of nitrogens with zero attached hydrogens (tertiary/aromatic N) is 1. The Kier molecular flexibility index (Phi) is 4.55. The lowest BCUT2D eigenvalue weighted by Gasteiger charge is -2.18. The number of rotatable bonds is 5. The van der Waals surface area contributed by atoms with Gasteiger partial charge in [0.2, 0.25) is 0 Å². The van der Waals surface area contributed by atoms with Crippen LogP contribution < -0.4 is 20.5 Å². The van der Waals surface area contributed by atoms with E-state index in [1.165, 1.54) is 11.3 Å². The summed E-state index contributed by atoms with van der Waals surface area (Å²) < 4.78 is 11.0. The number of hydrogen-bond acceptors (Lipinski definition) is 6. The van der Waals surface area contributed by atoms with Gasteiger partial charge in [-0.05, 0) is 24.1 Å². The number of ether oxygens (including phenoxy) is 2. The van der Waals surface area contributed by atoms with Crippen molar-refractivity contribution in [3.8, 4) is 11.5 Å². The number of fused-ring (bicyclic) bond motifs is 1. The van der Waals surface area contributed by atoms with Crippen LogP contribution in [0.4, 0.5) is 0 Å². The van der Waals surface area contributed by atoms with Crippen molar-refractivity contribution in [1.82, 2.24) is 10.3 Å². The van der Waals surface area contributed by atoms with E-state index in [1.54, 1.807) is 5.38 Å². The SMILES string of the molecule is NCc1nc(C(=O)NCCc2ccc3c(c2)OCCO3)cs1. The molecule has 0 fully saturated rings. The molecule has 1 aromatic carbocycles. The van der Waals surface area contributed by atoms with Crippen LogP contribution >= 0.6 is 11.3 Å². The number of nitrogens with two attached hydrogens (primary N) is 1. The quantitative estimate of drug-likeness (QED) is 0.868. The van der Waals surface area contributed by atoms with Crippen LogP contribution in [0.2, 0.25) is 0 Å². The number of amides is 1. The van der Waals surface area contributed by atoms with E-state index in [2.05, 4.69) is 10.3 Å². The summed E-state index contributed by atoms with van der Waals surface area (Å²) in [6.45, 7) is 2.05. The number of carbonyl (C=O) groups is 1. The zero-order valence-corrected chi connectivity index (χ0v) is 12.8. The van der Waals surface area contributed by atoms with Crippen molar-refractivity contribution in [2.24, 2.45) is 5.73 Å². The molecule has 2 heterocycles. The van der Waals surface area contributed by atoms with Crippen LogP contribution in [0.1, 0.15) is 21.1 Å². The second-order valence-corrected chi connectivity index (χ2v) is 5.76. The molecule has 3 rings (SSSR count). The normalized spacial score (nSPS) is 13.0. The molecule has 6 nitrogen and oxygen atoms in total. The fourth-order valence-electron chi connectivity index (χ4n) is 2.16. The number of hydrogen-bond donors (Lipinski definition) is 2. The lowest BCUT2D eigenvalue weighted by atomic mass is 10.1. The Bertz CT molecular complexity index is 672. The zero-order chi connectivity index (χ0) is 15.4. The monoisotopic (exact) mass is 319 g/mol. The molecule has 1 aliphatic rings. The fraction of sp³-hybridized carbons (Fsp3) is 0.333. The summed E-state index contributed by atoms with van der Waals surface area (Å²) in [5.74, 6) is 1.37. The van der Waals surface area contributed by atoms with Gasteiger partial charge in [-0.1, -0.05) is 6.07 Å². The molecule has 0 unspecified atom stereocenters. The predicted molar refractivity (Wildman–Crippen MR) is 83.5 cm³/mol.